The average molecular weight is 362 g/mol. The summed E-state index contributed by atoms with van der Waals surface area (Å²) in [7, 11) is 0. The van der Waals surface area contributed by atoms with Crippen molar-refractivity contribution in [3.63, 3.8) is 0 Å². The number of aryl methyl sites for hydroxylation is 1. The van der Waals surface area contributed by atoms with Crippen LogP contribution in [0, 0.1) is 5.92 Å². The first-order valence-electron chi connectivity index (χ1n) is 8.78. The Morgan fingerprint density at radius 1 is 1.44 bits per heavy atom. The quantitative estimate of drug-likeness (QED) is 0.854. The van der Waals surface area contributed by atoms with Crippen LogP contribution in [0.2, 0.25) is 5.02 Å². The predicted molar refractivity (Wildman–Crippen MR) is 99.9 cm³/mol. The van der Waals surface area contributed by atoms with E-state index >= 15 is 0 Å². The molecule has 2 aromatic rings. The minimum Gasteiger partial charge on any atom is -0.370 e. The summed E-state index contributed by atoms with van der Waals surface area (Å²) in [5, 5.41) is 7.71. The standard InChI is InChI=1S/C18H24ClN5O/c1-14-4-2-8-23(11-14)17-7-6-15(19)10-16(17)22-18(25)5-3-9-24-13-20-12-21-24/h6-7,10,12-14H,2-5,8-9,11H2,1H3,(H,22,25). The summed E-state index contributed by atoms with van der Waals surface area (Å²) in [6.07, 6.45) is 6.74. The number of piperidine rings is 1. The molecule has 0 spiro atoms. The molecule has 0 bridgehead atoms. The number of hydrogen-bond acceptors (Lipinski definition) is 4. The van der Waals surface area contributed by atoms with Crippen molar-refractivity contribution in [1.82, 2.24) is 14.8 Å². The fourth-order valence-corrected chi connectivity index (χ4v) is 3.43. The fraction of sp³-hybridized carbons (Fsp3) is 0.500. The lowest BCUT2D eigenvalue weighted by atomic mass is 9.99. The molecule has 1 aromatic carbocycles. The Kier molecular flexibility index (Phi) is 5.91. The van der Waals surface area contributed by atoms with Gasteiger partial charge in [0.2, 0.25) is 5.91 Å². The molecule has 1 aliphatic rings. The van der Waals surface area contributed by atoms with E-state index in [-0.39, 0.29) is 5.91 Å². The van der Waals surface area contributed by atoms with Gasteiger partial charge in [-0.1, -0.05) is 18.5 Å². The van der Waals surface area contributed by atoms with Gasteiger partial charge in [0.1, 0.15) is 12.7 Å². The predicted octanol–water partition coefficient (Wildman–Crippen LogP) is 3.59. The van der Waals surface area contributed by atoms with Crippen LogP contribution < -0.4 is 10.2 Å². The molecule has 0 aliphatic carbocycles. The van der Waals surface area contributed by atoms with Gasteiger partial charge in [-0.25, -0.2) is 4.98 Å². The van der Waals surface area contributed by atoms with Gasteiger partial charge < -0.3 is 10.2 Å². The Morgan fingerprint density at radius 3 is 3.08 bits per heavy atom. The van der Waals surface area contributed by atoms with Crippen molar-refractivity contribution in [3.05, 3.63) is 35.9 Å². The van der Waals surface area contributed by atoms with Gasteiger partial charge in [0.15, 0.2) is 0 Å². The van der Waals surface area contributed by atoms with Crippen molar-refractivity contribution >= 4 is 28.9 Å². The molecule has 1 aliphatic heterocycles. The third kappa shape index (κ3) is 4.95. The monoisotopic (exact) mass is 361 g/mol. The van der Waals surface area contributed by atoms with E-state index in [1.807, 2.05) is 18.2 Å². The summed E-state index contributed by atoms with van der Waals surface area (Å²) < 4.78 is 1.73. The second kappa shape index (κ2) is 8.34. The second-order valence-electron chi connectivity index (χ2n) is 6.67. The van der Waals surface area contributed by atoms with Gasteiger partial charge in [-0.2, -0.15) is 5.10 Å². The van der Waals surface area contributed by atoms with E-state index in [9.17, 15) is 4.79 Å². The van der Waals surface area contributed by atoms with Crippen molar-refractivity contribution in [2.45, 2.75) is 39.2 Å². The first kappa shape index (κ1) is 17.7. The molecular formula is C18H24ClN5O. The maximum Gasteiger partial charge on any atom is 0.224 e. The molecule has 1 unspecified atom stereocenters. The Bertz CT molecular complexity index is 703. The van der Waals surface area contributed by atoms with Crippen molar-refractivity contribution in [2.75, 3.05) is 23.3 Å². The van der Waals surface area contributed by atoms with Gasteiger partial charge in [0, 0.05) is 31.1 Å². The van der Waals surface area contributed by atoms with E-state index < -0.39 is 0 Å². The molecular weight excluding hydrogens is 338 g/mol. The number of aromatic nitrogens is 3. The highest BCUT2D eigenvalue weighted by atomic mass is 35.5. The Morgan fingerprint density at radius 2 is 2.32 bits per heavy atom. The summed E-state index contributed by atoms with van der Waals surface area (Å²) in [6.45, 7) is 4.97. The molecule has 6 nitrogen and oxygen atoms in total. The SMILES string of the molecule is CC1CCCN(c2ccc(Cl)cc2NC(=O)CCCn2cncn2)C1. The normalized spacial score (nSPS) is 17.5. The Hall–Kier alpha value is -2.08. The van der Waals surface area contributed by atoms with Gasteiger partial charge in [0.25, 0.3) is 0 Å². The summed E-state index contributed by atoms with van der Waals surface area (Å²) in [5.41, 5.74) is 1.85. The lowest BCUT2D eigenvalue weighted by molar-refractivity contribution is -0.116. The molecule has 2 heterocycles. The van der Waals surface area contributed by atoms with Crippen molar-refractivity contribution in [1.29, 1.82) is 0 Å². The van der Waals surface area contributed by atoms with Crippen LogP contribution in [0.4, 0.5) is 11.4 Å². The number of benzene rings is 1. The zero-order valence-corrected chi connectivity index (χ0v) is 15.2. The number of halogens is 1. The molecule has 1 atom stereocenters. The summed E-state index contributed by atoms with van der Waals surface area (Å²) in [6, 6.07) is 5.73. The summed E-state index contributed by atoms with van der Waals surface area (Å²) in [5.74, 6) is 0.657. The Labute approximate surface area is 153 Å². The molecule has 25 heavy (non-hydrogen) atoms. The minimum atomic E-state index is -0.00584. The summed E-state index contributed by atoms with van der Waals surface area (Å²) in [4.78, 5) is 18.6. The van der Waals surface area contributed by atoms with Crippen LogP contribution >= 0.6 is 11.6 Å². The lowest BCUT2D eigenvalue weighted by Gasteiger charge is -2.34. The van der Waals surface area contributed by atoms with Crippen LogP contribution in [-0.4, -0.2) is 33.8 Å². The van der Waals surface area contributed by atoms with E-state index in [4.69, 9.17) is 11.6 Å². The highest BCUT2D eigenvalue weighted by molar-refractivity contribution is 6.31. The van der Waals surface area contributed by atoms with Gasteiger partial charge in [-0.05, 0) is 43.4 Å². The zero-order chi connectivity index (χ0) is 17.6. The van der Waals surface area contributed by atoms with Crippen molar-refractivity contribution in [2.24, 2.45) is 5.92 Å². The number of rotatable bonds is 6. The lowest BCUT2D eigenvalue weighted by Crippen LogP contribution is -2.34. The minimum absolute atomic E-state index is 0.00584. The molecule has 134 valence electrons. The van der Waals surface area contributed by atoms with Gasteiger partial charge in [0.05, 0.1) is 11.4 Å². The molecule has 3 rings (SSSR count). The first-order chi connectivity index (χ1) is 12.1. The van der Waals surface area contributed by atoms with Gasteiger partial charge in [-0.15, -0.1) is 0 Å². The van der Waals surface area contributed by atoms with Crippen LogP contribution in [0.5, 0.6) is 0 Å². The van der Waals surface area contributed by atoms with E-state index in [2.05, 4.69) is 27.2 Å². The fourth-order valence-electron chi connectivity index (χ4n) is 3.25. The molecule has 7 heteroatoms. The molecule has 1 saturated heterocycles. The molecule has 1 aromatic heterocycles. The largest absolute Gasteiger partial charge is 0.370 e. The third-order valence-corrected chi connectivity index (χ3v) is 4.72. The highest BCUT2D eigenvalue weighted by Crippen LogP contribution is 2.32. The number of amides is 1. The van der Waals surface area contributed by atoms with Crippen molar-refractivity contribution in [3.8, 4) is 0 Å². The zero-order valence-electron chi connectivity index (χ0n) is 14.5. The molecule has 0 radical (unpaired) electrons. The maximum absolute atomic E-state index is 12.3. The number of hydrogen-bond donors (Lipinski definition) is 1. The number of carbonyl (C=O) groups excluding carboxylic acids is 1. The topological polar surface area (TPSA) is 63.1 Å². The van der Waals surface area contributed by atoms with Crippen LogP contribution in [0.3, 0.4) is 0 Å². The van der Waals surface area contributed by atoms with Crippen LogP contribution in [0.15, 0.2) is 30.9 Å². The van der Waals surface area contributed by atoms with Crippen LogP contribution in [0.25, 0.3) is 0 Å². The highest BCUT2D eigenvalue weighted by Gasteiger charge is 2.20. The number of nitrogens with zero attached hydrogens (tertiary/aromatic N) is 4. The van der Waals surface area contributed by atoms with E-state index in [1.165, 1.54) is 19.2 Å². The average Bonchev–Trinajstić information content (AvgIpc) is 3.08. The van der Waals surface area contributed by atoms with Gasteiger partial charge >= 0.3 is 0 Å². The maximum atomic E-state index is 12.3. The second-order valence-corrected chi connectivity index (χ2v) is 7.10. The van der Waals surface area contributed by atoms with E-state index in [1.54, 1.807) is 11.0 Å². The molecule has 1 fully saturated rings. The molecule has 0 saturated carbocycles. The summed E-state index contributed by atoms with van der Waals surface area (Å²) >= 11 is 6.15. The molecule has 1 N–H and O–H groups in total. The molecule has 1 amide bonds. The first-order valence-corrected chi connectivity index (χ1v) is 9.16. The Balaban J connectivity index is 1.62. The number of nitrogens with one attached hydrogen (secondary N) is 1. The smallest absolute Gasteiger partial charge is 0.224 e. The van der Waals surface area contributed by atoms with Crippen LogP contribution in [0.1, 0.15) is 32.6 Å². The van der Waals surface area contributed by atoms with Crippen LogP contribution in [-0.2, 0) is 11.3 Å². The van der Waals surface area contributed by atoms with E-state index in [0.29, 0.717) is 30.3 Å². The third-order valence-electron chi connectivity index (χ3n) is 4.49. The van der Waals surface area contributed by atoms with Crippen molar-refractivity contribution < 1.29 is 4.79 Å². The number of anilines is 2. The van der Waals surface area contributed by atoms with Gasteiger partial charge in [-0.3, -0.25) is 9.48 Å². The number of carbonyl (C=O) groups is 1. The van der Waals surface area contributed by atoms with E-state index in [0.717, 1.165) is 24.5 Å².